The fourth-order valence-corrected chi connectivity index (χ4v) is 6.44. The molecule has 0 unspecified atom stereocenters. The number of halogens is 1. The molecule has 2 aliphatic heterocycles. The molecule has 19 nitrogen and oxygen atoms in total. The Labute approximate surface area is 254 Å². The highest BCUT2D eigenvalue weighted by molar-refractivity contribution is 7.70. The lowest BCUT2D eigenvalue weighted by molar-refractivity contribution is -0.153. The number of ether oxygens (including phenoxy) is 3. The van der Waals surface area contributed by atoms with Crippen molar-refractivity contribution in [2.24, 2.45) is 0 Å². The summed E-state index contributed by atoms with van der Waals surface area (Å²) in [5, 5.41) is 4.05. The average molecular weight is 683 g/mol. The van der Waals surface area contributed by atoms with E-state index in [2.05, 4.69) is 10.1 Å². The minimum Gasteiger partial charge on any atom is -0.442 e. The van der Waals surface area contributed by atoms with Crippen LogP contribution in [0.4, 0.5) is 25.4 Å². The van der Waals surface area contributed by atoms with E-state index in [-0.39, 0.29) is 56.6 Å². The number of esters is 1. The Morgan fingerprint density at radius 2 is 1.69 bits per heavy atom. The Hall–Kier alpha value is -3.80. The number of nitrogens with one attached hydrogen (secondary N) is 2. The van der Waals surface area contributed by atoms with E-state index in [1.54, 1.807) is 11.0 Å². The van der Waals surface area contributed by atoms with E-state index in [0.29, 0.717) is 0 Å². The van der Waals surface area contributed by atoms with Gasteiger partial charge in [-0.3, -0.25) is 28.4 Å². The molecule has 2 heterocycles. The van der Waals surface area contributed by atoms with Crippen molar-refractivity contribution in [2.45, 2.75) is 31.4 Å². The van der Waals surface area contributed by atoms with Crippen LogP contribution in [0.5, 0.6) is 0 Å². The lowest BCUT2D eigenvalue weighted by Gasteiger charge is -2.35. The van der Waals surface area contributed by atoms with Gasteiger partial charge in [0.15, 0.2) is 0 Å². The van der Waals surface area contributed by atoms with Crippen LogP contribution in [0.2, 0.25) is 0 Å². The number of hydrogen-bond acceptors (Lipinski definition) is 11. The van der Waals surface area contributed by atoms with Gasteiger partial charge < -0.3 is 54.2 Å². The maximum absolute atomic E-state index is 15.0. The van der Waals surface area contributed by atoms with Crippen LogP contribution in [0, 0.1) is 5.82 Å². The number of amides is 4. The predicted molar refractivity (Wildman–Crippen MR) is 149 cm³/mol. The van der Waals surface area contributed by atoms with Crippen molar-refractivity contribution in [1.29, 1.82) is 0 Å². The second-order valence-electron chi connectivity index (χ2n) is 9.83. The van der Waals surface area contributed by atoms with Gasteiger partial charge in [-0.25, -0.2) is 14.0 Å². The standard InChI is InChI=1S/C23H32FN5O14P2/c1-14(30)25-11-16-12-29(23(34)43-16)15-2-3-18(17(24)10-15)27-6-8-28(9-7-27)22(33)42-13-41-20(32)5-4-19(31)26-21(44(35,36)37)45(38,39)40/h2-3,10,16,21H,4-9,11-13H2,1H3,(H,25,30)(H,26,31)(H2,35,36,37)(H2,38,39,40)/t16-/m0/s1. The number of hydrogen-bond donors (Lipinski definition) is 6. The molecule has 0 saturated carbocycles. The summed E-state index contributed by atoms with van der Waals surface area (Å²) in [7, 11) is -10.8. The van der Waals surface area contributed by atoms with Gasteiger partial charge in [-0.1, -0.05) is 0 Å². The normalized spacial score (nSPS) is 17.2. The zero-order chi connectivity index (χ0) is 33.5. The van der Waals surface area contributed by atoms with Gasteiger partial charge in [0.1, 0.15) is 11.9 Å². The molecular formula is C23H32FN5O14P2. The molecule has 2 fully saturated rings. The van der Waals surface area contributed by atoms with Crippen LogP contribution in [0.3, 0.4) is 0 Å². The van der Waals surface area contributed by atoms with Crippen LogP contribution < -0.4 is 20.4 Å². The largest absolute Gasteiger partial charge is 0.442 e. The van der Waals surface area contributed by atoms with Gasteiger partial charge in [-0.2, -0.15) is 0 Å². The number of nitrogens with zero attached hydrogens (tertiary/aromatic N) is 3. The Morgan fingerprint density at radius 3 is 2.27 bits per heavy atom. The summed E-state index contributed by atoms with van der Waals surface area (Å²) >= 11 is 0. The molecular weight excluding hydrogens is 651 g/mol. The smallest absolute Gasteiger partial charge is 0.414 e. The number of cyclic esters (lactones) is 1. The molecule has 6 N–H and O–H groups in total. The van der Waals surface area contributed by atoms with Crippen LogP contribution in [0.25, 0.3) is 0 Å². The number of piperazine rings is 1. The van der Waals surface area contributed by atoms with Crippen molar-refractivity contribution in [1.82, 2.24) is 15.5 Å². The Balaban J connectivity index is 1.40. The van der Waals surface area contributed by atoms with Crippen molar-refractivity contribution in [3.63, 3.8) is 0 Å². The summed E-state index contributed by atoms with van der Waals surface area (Å²) in [6, 6.07) is 4.22. The first-order valence-electron chi connectivity index (χ1n) is 13.2. The van der Waals surface area contributed by atoms with Gasteiger partial charge in [0.25, 0.3) is 0 Å². The van der Waals surface area contributed by atoms with Gasteiger partial charge in [0.05, 0.1) is 30.9 Å². The van der Waals surface area contributed by atoms with E-state index in [0.717, 1.165) is 0 Å². The van der Waals surface area contributed by atoms with Crippen molar-refractivity contribution in [2.75, 3.05) is 55.9 Å². The zero-order valence-corrected chi connectivity index (χ0v) is 25.5. The van der Waals surface area contributed by atoms with Gasteiger partial charge in [0, 0.05) is 39.5 Å². The number of anilines is 2. The molecule has 1 aromatic rings. The minimum atomic E-state index is -5.40. The van der Waals surface area contributed by atoms with Gasteiger partial charge in [-0.05, 0) is 18.2 Å². The maximum atomic E-state index is 15.0. The fourth-order valence-electron chi connectivity index (χ4n) is 4.25. The maximum Gasteiger partial charge on any atom is 0.414 e. The number of carbonyl (C=O) groups is 5. The second-order valence-corrected chi connectivity index (χ2v) is 13.6. The molecule has 0 spiro atoms. The third kappa shape index (κ3) is 10.4. The summed E-state index contributed by atoms with van der Waals surface area (Å²) in [6.45, 7) is 1.44. The molecule has 0 bridgehead atoms. The summed E-state index contributed by atoms with van der Waals surface area (Å²) in [5.41, 5.74) is -2.26. The van der Waals surface area contributed by atoms with E-state index < -0.39 is 76.3 Å². The number of carbonyl (C=O) groups excluding carboxylic acids is 5. The highest BCUT2D eigenvalue weighted by Gasteiger charge is 2.44. The summed E-state index contributed by atoms with van der Waals surface area (Å²) in [6.07, 6.45) is -3.48. The Bertz CT molecular complexity index is 1370. The Morgan fingerprint density at radius 1 is 1.04 bits per heavy atom. The van der Waals surface area contributed by atoms with Crippen LogP contribution in [0.15, 0.2) is 18.2 Å². The van der Waals surface area contributed by atoms with E-state index in [9.17, 15) is 33.1 Å². The van der Waals surface area contributed by atoms with E-state index in [1.807, 2.05) is 0 Å². The molecule has 22 heteroatoms. The molecule has 0 aliphatic carbocycles. The molecule has 3 rings (SSSR count). The van der Waals surface area contributed by atoms with Crippen molar-refractivity contribution in [3.05, 3.63) is 24.0 Å². The molecule has 0 radical (unpaired) electrons. The highest BCUT2D eigenvalue weighted by Crippen LogP contribution is 2.58. The van der Waals surface area contributed by atoms with Gasteiger partial charge in [-0.15, -0.1) is 0 Å². The lowest BCUT2D eigenvalue weighted by Crippen LogP contribution is -2.49. The predicted octanol–water partition coefficient (Wildman–Crippen LogP) is -0.418. The van der Waals surface area contributed by atoms with Crippen LogP contribution in [-0.2, 0) is 37.7 Å². The third-order valence-electron chi connectivity index (χ3n) is 6.46. The second kappa shape index (κ2) is 15.0. The molecule has 1 atom stereocenters. The quantitative estimate of drug-likeness (QED) is 0.0929. The first kappa shape index (κ1) is 35.7. The Kier molecular flexibility index (Phi) is 11.9. The molecule has 1 aromatic carbocycles. The first-order chi connectivity index (χ1) is 21.0. The van der Waals surface area contributed by atoms with Crippen molar-refractivity contribution in [3.8, 4) is 0 Å². The van der Waals surface area contributed by atoms with E-state index in [4.69, 9.17) is 29.0 Å². The molecule has 45 heavy (non-hydrogen) atoms. The summed E-state index contributed by atoms with van der Waals surface area (Å²) in [4.78, 5) is 99.5. The topological polar surface area (TPSA) is 262 Å². The van der Waals surface area contributed by atoms with Crippen molar-refractivity contribution < 1.29 is 71.3 Å². The summed E-state index contributed by atoms with van der Waals surface area (Å²) in [5.74, 6) is -3.17. The van der Waals surface area contributed by atoms with Crippen molar-refractivity contribution >= 4 is 56.5 Å². The SMILES string of the molecule is CC(=O)NC[C@H]1CN(c2ccc(N3CCN(C(=O)OCOC(=O)CCC(=O)NC(P(=O)(O)O)P(=O)(O)O)CC3)c(F)c2)C(=O)O1. The van der Waals surface area contributed by atoms with E-state index in [1.165, 1.54) is 34.2 Å². The zero-order valence-electron chi connectivity index (χ0n) is 23.7. The third-order valence-corrected chi connectivity index (χ3v) is 9.80. The molecule has 2 saturated heterocycles. The molecule has 250 valence electrons. The minimum absolute atomic E-state index is 0.123. The fraction of sp³-hybridized carbons (Fsp3) is 0.522. The summed E-state index contributed by atoms with van der Waals surface area (Å²) < 4.78 is 52.2. The van der Waals surface area contributed by atoms with Gasteiger partial charge in [0.2, 0.25) is 24.1 Å². The van der Waals surface area contributed by atoms with Crippen LogP contribution >= 0.6 is 15.2 Å². The number of benzene rings is 1. The number of rotatable bonds is 12. The first-order valence-corrected chi connectivity index (χ1v) is 16.6. The lowest BCUT2D eigenvalue weighted by atomic mass is 10.2. The molecule has 0 aromatic heterocycles. The molecule has 2 aliphatic rings. The monoisotopic (exact) mass is 683 g/mol. The van der Waals surface area contributed by atoms with E-state index >= 15 is 4.39 Å². The average Bonchev–Trinajstić information content (AvgIpc) is 3.32. The highest BCUT2D eigenvalue weighted by atomic mass is 31.2. The molecule has 4 amide bonds. The van der Waals surface area contributed by atoms with Gasteiger partial charge >= 0.3 is 33.3 Å². The van der Waals surface area contributed by atoms with Crippen LogP contribution in [0.1, 0.15) is 19.8 Å². The van der Waals surface area contributed by atoms with Crippen LogP contribution in [-0.4, -0.2) is 112 Å².